The predicted molar refractivity (Wildman–Crippen MR) is 72.5 cm³/mol. The lowest BCUT2D eigenvalue weighted by molar-refractivity contribution is -0.121. The van der Waals surface area contributed by atoms with E-state index in [2.05, 4.69) is 0 Å². The highest BCUT2D eigenvalue weighted by molar-refractivity contribution is 5.31. The van der Waals surface area contributed by atoms with Gasteiger partial charge in [0.05, 0.1) is 11.6 Å². The number of ether oxygens (including phenoxy) is 2. The van der Waals surface area contributed by atoms with E-state index in [1.165, 1.54) is 12.1 Å². The summed E-state index contributed by atoms with van der Waals surface area (Å²) in [6, 6.07) is 4.43. The van der Waals surface area contributed by atoms with Gasteiger partial charge in [0.2, 0.25) is 0 Å². The molecule has 0 spiro atoms. The number of hydrogen-bond donors (Lipinski definition) is 1. The van der Waals surface area contributed by atoms with Crippen LogP contribution in [-0.2, 0) is 9.47 Å². The molecule has 1 aromatic carbocycles. The van der Waals surface area contributed by atoms with Crippen LogP contribution in [0.25, 0.3) is 0 Å². The molecule has 1 unspecified atom stereocenters. The Morgan fingerprint density at radius 2 is 2.11 bits per heavy atom. The van der Waals surface area contributed by atoms with Gasteiger partial charge in [-0.1, -0.05) is 6.07 Å². The van der Waals surface area contributed by atoms with E-state index in [9.17, 15) is 4.39 Å². The Kier molecular flexibility index (Phi) is 4.55. The fourth-order valence-corrected chi connectivity index (χ4v) is 2.78. The first kappa shape index (κ1) is 14.4. The molecule has 2 N–H and O–H groups in total. The summed E-state index contributed by atoms with van der Waals surface area (Å²) in [5, 5.41) is 0. The van der Waals surface area contributed by atoms with Crippen molar-refractivity contribution in [3.8, 4) is 0 Å². The van der Waals surface area contributed by atoms with Gasteiger partial charge in [-0.05, 0) is 37.1 Å². The molecule has 1 aromatic rings. The molecular weight excluding hydrogens is 245 g/mol. The van der Waals surface area contributed by atoms with Crippen LogP contribution >= 0.6 is 0 Å². The van der Waals surface area contributed by atoms with E-state index in [0.29, 0.717) is 19.8 Å². The average molecular weight is 267 g/mol. The fourth-order valence-electron chi connectivity index (χ4n) is 2.78. The molecule has 0 aromatic heterocycles. The molecule has 1 atom stereocenters. The summed E-state index contributed by atoms with van der Waals surface area (Å²) in [6.45, 7) is 5.79. The van der Waals surface area contributed by atoms with Crippen molar-refractivity contribution in [2.45, 2.75) is 38.3 Å². The molecule has 0 saturated carbocycles. The third-order valence-corrected chi connectivity index (χ3v) is 3.91. The Morgan fingerprint density at radius 1 is 1.42 bits per heavy atom. The summed E-state index contributed by atoms with van der Waals surface area (Å²) in [4.78, 5) is 0. The molecule has 1 aliphatic rings. The van der Waals surface area contributed by atoms with E-state index in [0.717, 1.165) is 24.0 Å². The molecule has 1 saturated heterocycles. The van der Waals surface area contributed by atoms with E-state index in [4.69, 9.17) is 15.2 Å². The summed E-state index contributed by atoms with van der Waals surface area (Å²) >= 11 is 0. The average Bonchev–Trinajstić information content (AvgIpc) is 2.42. The van der Waals surface area contributed by atoms with Gasteiger partial charge >= 0.3 is 0 Å². The van der Waals surface area contributed by atoms with Gasteiger partial charge in [-0.15, -0.1) is 0 Å². The van der Waals surface area contributed by atoms with Crippen LogP contribution in [0.15, 0.2) is 18.2 Å². The Morgan fingerprint density at radius 3 is 2.74 bits per heavy atom. The quantitative estimate of drug-likeness (QED) is 0.912. The van der Waals surface area contributed by atoms with Crippen molar-refractivity contribution >= 4 is 0 Å². The number of aryl methyl sites for hydroxylation is 1. The summed E-state index contributed by atoms with van der Waals surface area (Å²) in [5.74, 6) is -0.255. The molecular formula is C15H22FNO2. The van der Waals surface area contributed by atoms with Crippen molar-refractivity contribution in [3.05, 3.63) is 35.1 Å². The smallest absolute Gasteiger partial charge is 0.123 e. The van der Waals surface area contributed by atoms with Crippen molar-refractivity contribution < 1.29 is 13.9 Å². The first-order valence-electron chi connectivity index (χ1n) is 6.82. The monoisotopic (exact) mass is 267 g/mol. The van der Waals surface area contributed by atoms with Crippen LogP contribution in [0.2, 0.25) is 0 Å². The highest BCUT2D eigenvalue weighted by atomic mass is 19.1. The van der Waals surface area contributed by atoms with Crippen LogP contribution in [0.3, 0.4) is 0 Å². The van der Waals surface area contributed by atoms with Crippen molar-refractivity contribution in [1.82, 2.24) is 0 Å². The van der Waals surface area contributed by atoms with Crippen molar-refractivity contribution in [2.24, 2.45) is 5.73 Å². The summed E-state index contributed by atoms with van der Waals surface area (Å²) < 4.78 is 24.8. The summed E-state index contributed by atoms with van der Waals surface area (Å²) in [6.07, 6.45) is 1.50. The molecule has 0 radical (unpaired) electrons. The third kappa shape index (κ3) is 2.96. The van der Waals surface area contributed by atoms with Gasteiger partial charge in [0, 0.05) is 32.7 Å². The molecule has 19 heavy (non-hydrogen) atoms. The zero-order valence-corrected chi connectivity index (χ0v) is 11.6. The van der Waals surface area contributed by atoms with Crippen LogP contribution in [0.1, 0.15) is 36.9 Å². The number of nitrogens with two attached hydrogens (primary N) is 1. The molecule has 2 rings (SSSR count). The maximum Gasteiger partial charge on any atom is 0.123 e. The highest BCUT2D eigenvalue weighted by Gasteiger charge is 2.40. The SMILES string of the molecule is CCOC1(C(N)c2cc(F)ccc2C)CCOCC1. The predicted octanol–water partition coefficient (Wildman–Crippen LogP) is 2.72. The van der Waals surface area contributed by atoms with Crippen molar-refractivity contribution in [2.75, 3.05) is 19.8 Å². The molecule has 0 bridgehead atoms. The summed E-state index contributed by atoms with van der Waals surface area (Å²) in [5.41, 5.74) is 7.80. The van der Waals surface area contributed by atoms with Gasteiger partial charge in [-0.25, -0.2) is 4.39 Å². The minimum atomic E-state index is -0.439. The van der Waals surface area contributed by atoms with Crippen LogP contribution in [0.5, 0.6) is 0 Å². The van der Waals surface area contributed by atoms with Crippen LogP contribution in [0.4, 0.5) is 4.39 Å². The molecule has 4 heteroatoms. The van der Waals surface area contributed by atoms with Crippen LogP contribution in [-0.4, -0.2) is 25.4 Å². The van der Waals surface area contributed by atoms with Gasteiger partial charge in [0.25, 0.3) is 0 Å². The van der Waals surface area contributed by atoms with Crippen LogP contribution in [0, 0.1) is 12.7 Å². The fraction of sp³-hybridized carbons (Fsp3) is 0.600. The minimum absolute atomic E-state index is 0.255. The standard InChI is InChI=1S/C15H22FNO2/c1-3-19-15(6-8-18-9-7-15)14(17)13-10-12(16)5-4-11(13)2/h4-5,10,14H,3,6-9,17H2,1-2H3. The Balaban J connectivity index is 2.32. The van der Waals surface area contributed by atoms with Crippen LogP contribution < -0.4 is 5.73 Å². The first-order valence-corrected chi connectivity index (χ1v) is 6.82. The second kappa shape index (κ2) is 5.99. The van der Waals surface area contributed by atoms with E-state index < -0.39 is 5.60 Å². The van der Waals surface area contributed by atoms with E-state index in [1.807, 2.05) is 13.8 Å². The Bertz CT molecular complexity index is 425. The number of halogens is 1. The van der Waals surface area contributed by atoms with Gasteiger partial charge in [-0.3, -0.25) is 0 Å². The van der Waals surface area contributed by atoms with Crippen molar-refractivity contribution in [1.29, 1.82) is 0 Å². The van der Waals surface area contributed by atoms with Gasteiger partial charge in [0.15, 0.2) is 0 Å². The lowest BCUT2D eigenvalue weighted by atomic mass is 9.81. The second-order valence-electron chi connectivity index (χ2n) is 5.09. The number of hydrogen-bond acceptors (Lipinski definition) is 3. The van der Waals surface area contributed by atoms with Gasteiger partial charge in [-0.2, -0.15) is 0 Å². The molecule has 0 amide bonds. The first-order chi connectivity index (χ1) is 9.09. The minimum Gasteiger partial charge on any atom is -0.381 e. The zero-order chi connectivity index (χ0) is 13.9. The molecule has 0 aliphatic carbocycles. The zero-order valence-electron chi connectivity index (χ0n) is 11.6. The Hall–Kier alpha value is -0.970. The number of benzene rings is 1. The molecule has 1 aliphatic heterocycles. The molecule has 1 fully saturated rings. The maximum absolute atomic E-state index is 13.5. The lowest BCUT2D eigenvalue weighted by Gasteiger charge is -2.42. The van der Waals surface area contributed by atoms with E-state index in [1.54, 1.807) is 6.07 Å². The summed E-state index contributed by atoms with van der Waals surface area (Å²) in [7, 11) is 0. The normalized spacial score (nSPS) is 20.2. The highest BCUT2D eigenvalue weighted by Crippen LogP contribution is 2.37. The van der Waals surface area contributed by atoms with E-state index >= 15 is 0 Å². The van der Waals surface area contributed by atoms with Gasteiger partial charge < -0.3 is 15.2 Å². The van der Waals surface area contributed by atoms with E-state index in [-0.39, 0.29) is 11.9 Å². The second-order valence-corrected chi connectivity index (χ2v) is 5.09. The molecule has 3 nitrogen and oxygen atoms in total. The maximum atomic E-state index is 13.5. The van der Waals surface area contributed by atoms with Crippen molar-refractivity contribution in [3.63, 3.8) is 0 Å². The topological polar surface area (TPSA) is 44.5 Å². The number of rotatable bonds is 4. The lowest BCUT2D eigenvalue weighted by Crippen LogP contribution is -2.48. The largest absolute Gasteiger partial charge is 0.381 e. The Labute approximate surface area is 113 Å². The molecule has 1 heterocycles. The van der Waals surface area contributed by atoms with Gasteiger partial charge in [0.1, 0.15) is 5.82 Å². The molecule has 106 valence electrons. The third-order valence-electron chi connectivity index (χ3n) is 3.91.